The summed E-state index contributed by atoms with van der Waals surface area (Å²) in [5.41, 5.74) is 6.69. The molecule has 2 heteroatoms. The van der Waals surface area contributed by atoms with Gasteiger partial charge in [-0.1, -0.05) is 42.0 Å². The van der Waals surface area contributed by atoms with Gasteiger partial charge >= 0.3 is 0 Å². The van der Waals surface area contributed by atoms with E-state index < -0.39 is 6.10 Å². The summed E-state index contributed by atoms with van der Waals surface area (Å²) in [5, 5.41) is 10.6. The normalized spacial score (nSPS) is 15.3. The first-order valence-electron chi connectivity index (χ1n) is 6.60. The van der Waals surface area contributed by atoms with Gasteiger partial charge < -0.3 is 9.84 Å². The van der Waals surface area contributed by atoms with Crippen molar-refractivity contribution in [2.75, 3.05) is 0 Å². The van der Waals surface area contributed by atoms with Crippen molar-refractivity contribution in [1.82, 2.24) is 0 Å². The summed E-state index contributed by atoms with van der Waals surface area (Å²) >= 11 is 0. The maximum atomic E-state index is 10.6. The lowest BCUT2D eigenvalue weighted by Crippen LogP contribution is -2.03. The highest BCUT2D eigenvalue weighted by Gasteiger charge is 2.17. The van der Waals surface area contributed by atoms with E-state index in [-0.39, 0.29) is 0 Å². The highest BCUT2D eigenvalue weighted by Crippen LogP contribution is 2.29. The van der Waals surface area contributed by atoms with Gasteiger partial charge in [0, 0.05) is 0 Å². The largest absolute Gasteiger partial charge is 0.384 e. The fourth-order valence-corrected chi connectivity index (χ4v) is 2.67. The Balaban J connectivity index is 1.97. The Kier molecular flexibility index (Phi) is 3.13. The Morgan fingerprint density at radius 3 is 2.58 bits per heavy atom. The summed E-state index contributed by atoms with van der Waals surface area (Å²) in [7, 11) is 0. The lowest BCUT2D eigenvalue weighted by molar-refractivity contribution is 0.134. The molecule has 2 aromatic carbocycles. The number of aliphatic hydroxyl groups excluding tert-OH is 1. The first-order chi connectivity index (χ1) is 9.15. The average Bonchev–Trinajstić information content (AvgIpc) is 2.85. The minimum atomic E-state index is -0.563. The summed E-state index contributed by atoms with van der Waals surface area (Å²) in [6, 6.07) is 12.3. The molecule has 0 spiro atoms. The number of fused-ring (bicyclic) bond motifs is 1. The van der Waals surface area contributed by atoms with E-state index in [1.807, 2.05) is 25.1 Å². The van der Waals surface area contributed by atoms with Gasteiger partial charge in [0.05, 0.1) is 13.2 Å². The maximum absolute atomic E-state index is 10.6. The van der Waals surface area contributed by atoms with E-state index in [9.17, 15) is 5.11 Å². The molecule has 0 radical (unpaired) electrons. The van der Waals surface area contributed by atoms with Crippen LogP contribution in [-0.4, -0.2) is 5.11 Å². The molecule has 3 rings (SSSR count). The van der Waals surface area contributed by atoms with E-state index in [2.05, 4.69) is 25.1 Å². The molecule has 0 aromatic heterocycles. The summed E-state index contributed by atoms with van der Waals surface area (Å²) in [5.74, 6) is 0. The van der Waals surface area contributed by atoms with E-state index in [1.165, 1.54) is 16.7 Å². The van der Waals surface area contributed by atoms with Crippen LogP contribution in [0, 0.1) is 13.8 Å². The van der Waals surface area contributed by atoms with Crippen LogP contribution in [0.3, 0.4) is 0 Å². The third-order valence-corrected chi connectivity index (χ3v) is 3.78. The van der Waals surface area contributed by atoms with Gasteiger partial charge in [-0.2, -0.15) is 0 Å². The number of aliphatic hydroxyl groups is 1. The molecule has 0 aliphatic carbocycles. The molecule has 1 atom stereocenters. The van der Waals surface area contributed by atoms with Gasteiger partial charge in [-0.15, -0.1) is 0 Å². The monoisotopic (exact) mass is 254 g/mol. The van der Waals surface area contributed by atoms with Gasteiger partial charge in [-0.05, 0) is 41.7 Å². The molecule has 0 saturated heterocycles. The van der Waals surface area contributed by atoms with Gasteiger partial charge in [0.15, 0.2) is 0 Å². The van der Waals surface area contributed by atoms with Gasteiger partial charge in [-0.25, -0.2) is 0 Å². The molecule has 0 bridgehead atoms. The first-order valence-corrected chi connectivity index (χ1v) is 6.60. The van der Waals surface area contributed by atoms with Crippen molar-refractivity contribution in [1.29, 1.82) is 0 Å². The Morgan fingerprint density at radius 1 is 1.00 bits per heavy atom. The lowest BCUT2D eigenvalue weighted by Gasteiger charge is -2.15. The number of hydrogen-bond donors (Lipinski definition) is 1. The van der Waals surface area contributed by atoms with Crippen molar-refractivity contribution in [3.05, 3.63) is 69.8 Å². The maximum Gasteiger partial charge on any atom is 0.104 e. The zero-order valence-electron chi connectivity index (χ0n) is 11.3. The second kappa shape index (κ2) is 4.80. The average molecular weight is 254 g/mol. The number of rotatable bonds is 2. The summed E-state index contributed by atoms with van der Waals surface area (Å²) in [6.45, 7) is 5.45. The SMILES string of the molecule is Cc1ccc(C(O)c2ccc3c(c2)COC3)c(C)c1. The molecule has 0 saturated carbocycles. The van der Waals surface area contributed by atoms with Crippen molar-refractivity contribution in [2.24, 2.45) is 0 Å². The van der Waals surface area contributed by atoms with Crippen LogP contribution in [0.4, 0.5) is 0 Å². The Hall–Kier alpha value is -1.64. The highest BCUT2D eigenvalue weighted by atomic mass is 16.5. The quantitative estimate of drug-likeness (QED) is 0.890. The number of benzene rings is 2. The van der Waals surface area contributed by atoms with Crippen molar-refractivity contribution in [3.8, 4) is 0 Å². The third-order valence-electron chi connectivity index (χ3n) is 3.78. The molecular weight excluding hydrogens is 236 g/mol. The first kappa shape index (κ1) is 12.4. The van der Waals surface area contributed by atoms with Crippen LogP contribution >= 0.6 is 0 Å². The van der Waals surface area contributed by atoms with Crippen LogP contribution in [-0.2, 0) is 18.0 Å². The summed E-state index contributed by atoms with van der Waals surface area (Å²) in [6.07, 6.45) is -0.563. The molecule has 1 aliphatic rings. The molecule has 19 heavy (non-hydrogen) atoms. The standard InChI is InChI=1S/C17H18O2/c1-11-3-6-16(12(2)7-11)17(18)13-4-5-14-9-19-10-15(14)8-13/h3-8,17-18H,9-10H2,1-2H3. The molecule has 2 aromatic rings. The molecule has 1 heterocycles. The van der Waals surface area contributed by atoms with Crippen LogP contribution < -0.4 is 0 Å². The molecule has 1 unspecified atom stereocenters. The fourth-order valence-electron chi connectivity index (χ4n) is 2.67. The lowest BCUT2D eigenvalue weighted by atomic mass is 9.94. The van der Waals surface area contributed by atoms with E-state index in [1.54, 1.807) is 0 Å². The van der Waals surface area contributed by atoms with Gasteiger partial charge in [0.1, 0.15) is 6.10 Å². The van der Waals surface area contributed by atoms with Gasteiger partial charge in [0.2, 0.25) is 0 Å². The van der Waals surface area contributed by atoms with Crippen molar-refractivity contribution >= 4 is 0 Å². The predicted molar refractivity (Wildman–Crippen MR) is 74.9 cm³/mol. The smallest absolute Gasteiger partial charge is 0.104 e. The van der Waals surface area contributed by atoms with Crippen LogP contribution in [0.25, 0.3) is 0 Å². The van der Waals surface area contributed by atoms with E-state index in [0.29, 0.717) is 13.2 Å². The van der Waals surface area contributed by atoms with Crippen LogP contribution in [0.15, 0.2) is 36.4 Å². The van der Waals surface area contributed by atoms with Crippen LogP contribution in [0.5, 0.6) is 0 Å². The number of aryl methyl sites for hydroxylation is 2. The van der Waals surface area contributed by atoms with E-state index in [0.717, 1.165) is 16.7 Å². The van der Waals surface area contributed by atoms with Crippen molar-refractivity contribution < 1.29 is 9.84 Å². The highest BCUT2D eigenvalue weighted by molar-refractivity contribution is 5.41. The summed E-state index contributed by atoms with van der Waals surface area (Å²) < 4.78 is 5.41. The Labute approximate surface area is 113 Å². The number of hydrogen-bond acceptors (Lipinski definition) is 2. The molecule has 98 valence electrons. The second-order valence-electron chi connectivity index (χ2n) is 5.28. The van der Waals surface area contributed by atoms with Gasteiger partial charge in [0.25, 0.3) is 0 Å². The van der Waals surface area contributed by atoms with Crippen LogP contribution in [0.1, 0.15) is 39.5 Å². The molecule has 0 fully saturated rings. The minimum Gasteiger partial charge on any atom is -0.384 e. The second-order valence-corrected chi connectivity index (χ2v) is 5.28. The number of ether oxygens (including phenoxy) is 1. The minimum absolute atomic E-state index is 0.563. The van der Waals surface area contributed by atoms with Gasteiger partial charge in [-0.3, -0.25) is 0 Å². The van der Waals surface area contributed by atoms with E-state index in [4.69, 9.17) is 4.74 Å². The molecule has 1 N–H and O–H groups in total. The predicted octanol–water partition coefficient (Wildman–Crippen LogP) is 3.42. The van der Waals surface area contributed by atoms with Crippen LogP contribution in [0.2, 0.25) is 0 Å². The third kappa shape index (κ3) is 2.29. The molecule has 1 aliphatic heterocycles. The molecule has 2 nitrogen and oxygen atoms in total. The zero-order valence-corrected chi connectivity index (χ0v) is 11.3. The topological polar surface area (TPSA) is 29.5 Å². The Morgan fingerprint density at radius 2 is 1.79 bits per heavy atom. The summed E-state index contributed by atoms with van der Waals surface area (Å²) in [4.78, 5) is 0. The van der Waals surface area contributed by atoms with Crippen molar-refractivity contribution in [2.45, 2.75) is 33.2 Å². The molecule has 0 amide bonds. The molecular formula is C17H18O2. The zero-order chi connectivity index (χ0) is 13.4. The fraction of sp³-hybridized carbons (Fsp3) is 0.294. The van der Waals surface area contributed by atoms with E-state index >= 15 is 0 Å². The van der Waals surface area contributed by atoms with Crippen molar-refractivity contribution in [3.63, 3.8) is 0 Å². The Bertz CT molecular complexity index is 617.